The average molecular weight is 360 g/mol. The Morgan fingerprint density at radius 1 is 1.20 bits per heavy atom. The van der Waals surface area contributed by atoms with E-state index in [1.165, 1.54) is 11.3 Å². The number of carboxylic acids is 1. The molecule has 2 atom stereocenters. The van der Waals surface area contributed by atoms with Gasteiger partial charge in [0, 0.05) is 5.41 Å². The number of benzene rings is 1. The number of thiazole rings is 1. The molecule has 0 radical (unpaired) electrons. The Morgan fingerprint density at radius 3 is 2.28 bits per heavy atom. The van der Waals surface area contributed by atoms with Crippen LogP contribution in [0.2, 0.25) is 0 Å². The minimum Gasteiger partial charge on any atom is -0.481 e. The molecular weight excluding hydrogens is 336 g/mol. The molecule has 0 fully saturated rings. The standard InChI is InChI=1S/C19H24N2O3S/c1-11(17(23)24)14(13-9-7-6-8-10-13)21-16(22)15-12(2)20-18(25-15)19(3,4)5/h6-11,14H,1-5H3,(H,21,22)(H,23,24). The van der Waals surface area contributed by atoms with Crippen LogP contribution in [0.5, 0.6) is 0 Å². The monoisotopic (exact) mass is 360 g/mol. The van der Waals surface area contributed by atoms with Crippen LogP contribution in [0, 0.1) is 12.8 Å². The van der Waals surface area contributed by atoms with E-state index in [9.17, 15) is 14.7 Å². The molecule has 0 spiro atoms. The SMILES string of the molecule is Cc1nc(C(C)(C)C)sc1C(=O)NC(c1ccccc1)C(C)C(=O)O. The fourth-order valence-electron chi connectivity index (χ4n) is 2.43. The number of carbonyl (C=O) groups is 2. The van der Waals surface area contributed by atoms with E-state index in [2.05, 4.69) is 10.3 Å². The molecule has 2 unspecified atom stereocenters. The van der Waals surface area contributed by atoms with Gasteiger partial charge in [-0.1, -0.05) is 51.1 Å². The highest BCUT2D eigenvalue weighted by Crippen LogP contribution is 2.30. The summed E-state index contributed by atoms with van der Waals surface area (Å²) in [5, 5.41) is 13.2. The number of nitrogens with one attached hydrogen (secondary N) is 1. The molecule has 1 heterocycles. The molecule has 2 aromatic rings. The number of carbonyl (C=O) groups excluding carboxylic acids is 1. The number of aromatic nitrogens is 1. The third-order valence-electron chi connectivity index (χ3n) is 3.98. The van der Waals surface area contributed by atoms with Crippen LogP contribution in [0.15, 0.2) is 30.3 Å². The van der Waals surface area contributed by atoms with Crippen LogP contribution in [-0.2, 0) is 10.2 Å². The fourth-order valence-corrected chi connectivity index (χ4v) is 3.46. The summed E-state index contributed by atoms with van der Waals surface area (Å²) in [6, 6.07) is 8.56. The van der Waals surface area contributed by atoms with Crippen molar-refractivity contribution in [2.45, 2.75) is 46.1 Å². The second-order valence-corrected chi connectivity index (χ2v) is 8.17. The van der Waals surface area contributed by atoms with E-state index in [4.69, 9.17) is 0 Å². The van der Waals surface area contributed by atoms with Gasteiger partial charge in [-0.05, 0) is 19.4 Å². The van der Waals surface area contributed by atoms with Gasteiger partial charge < -0.3 is 10.4 Å². The number of nitrogens with zero attached hydrogens (tertiary/aromatic N) is 1. The Bertz CT molecular complexity index is 763. The van der Waals surface area contributed by atoms with E-state index >= 15 is 0 Å². The van der Waals surface area contributed by atoms with Gasteiger partial charge in [0.15, 0.2) is 0 Å². The Labute approximate surface area is 152 Å². The van der Waals surface area contributed by atoms with Crippen molar-refractivity contribution in [3.8, 4) is 0 Å². The van der Waals surface area contributed by atoms with Crippen molar-refractivity contribution < 1.29 is 14.7 Å². The lowest BCUT2D eigenvalue weighted by atomic mass is 9.94. The fraction of sp³-hybridized carbons (Fsp3) is 0.421. The van der Waals surface area contributed by atoms with Gasteiger partial charge >= 0.3 is 5.97 Å². The molecule has 0 saturated heterocycles. The van der Waals surface area contributed by atoms with Gasteiger partial charge in [-0.25, -0.2) is 4.98 Å². The largest absolute Gasteiger partial charge is 0.481 e. The van der Waals surface area contributed by atoms with Crippen LogP contribution < -0.4 is 5.32 Å². The van der Waals surface area contributed by atoms with E-state index in [1.54, 1.807) is 13.8 Å². The first-order valence-corrected chi connectivity index (χ1v) is 8.99. The number of amides is 1. The van der Waals surface area contributed by atoms with Crippen LogP contribution in [-0.4, -0.2) is 22.0 Å². The molecule has 1 aromatic heterocycles. The predicted octanol–water partition coefficient (Wildman–Crippen LogP) is 3.94. The number of aliphatic carboxylic acids is 1. The summed E-state index contributed by atoms with van der Waals surface area (Å²) >= 11 is 1.36. The Hall–Kier alpha value is -2.21. The first kappa shape index (κ1) is 19.1. The molecule has 6 heteroatoms. The Kier molecular flexibility index (Phi) is 5.62. The number of hydrogen-bond acceptors (Lipinski definition) is 4. The summed E-state index contributed by atoms with van der Waals surface area (Å²) in [6.07, 6.45) is 0. The van der Waals surface area contributed by atoms with Crippen molar-refractivity contribution in [3.05, 3.63) is 51.5 Å². The maximum absolute atomic E-state index is 12.8. The van der Waals surface area contributed by atoms with E-state index in [1.807, 2.05) is 51.1 Å². The van der Waals surface area contributed by atoms with Gasteiger partial charge in [-0.2, -0.15) is 0 Å². The lowest BCUT2D eigenvalue weighted by molar-refractivity contribution is -0.142. The summed E-state index contributed by atoms with van der Waals surface area (Å²) in [6.45, 7) is 9.55. The molecular formula is C19H24N2O3S. The molecule has 1 aromatic carbocycles. The summed E-state index contributed by atoms with van der Waals surface area (Å²) in [5.74, 6) is -1.99. The topological polar surface area (TPSA) is 79.3 Å². The van der Waals surface area contributed by atoms with E-state index in [0.717, 1.165) is 10.6 Å². The normalized spacial score (nSPS) is 14.0. The van der Waals surface area contributed by atoms with E-state index in [0.29, 0.717) is 10.6 Å². The maximum Gasteiger partial charge on any atom is 0.308 e. The smallest absolute Gasteiger partial charge is 0.308 e. The van der Waals surface area contributed by atoms with Crippen molar-refractivity contribution in [3.63, 3.8) is 0 Å². The number of hydrogen-bond donors (Lipinski definition) is 2. The second kappa shape index (κ2) is 7.35. The molecule has 0 bridgehead atoms. The zero-order chi connectivity index (χ0) is 18.8. The van der Waals surface area contributed by atoms with Crippen LogP contribution in [0.25, 0.3) is 0 Å². The highest BCUT2D eigenvalue weighted by Gasteiger charge is 2.29. The van der Waals surface area contributed by atoms with E-state index < -0.39 is 17.9 Å². The molecule has 5 nitrogen and oxygen atoms in total. The summed E-state index contributed by atoms with van der Waals surface area (Å²) in [4.78, 5) is 29.3. The van der Waals surface area contributed by atoms with Gasteiger partial charge in [0.05, 0.1) is 22.7 Å². The number of carboxylic acid groups (broad SMARTS) is 1. The zero-order valence-corrected chi connectivity index (χ0v) is 16.0. The third-order valence-corrected chi connectivity index (χ3v) is 5.56. The van der Waals surface area contributed by atoms with Gasteiger partial charge in [0.25, 0.3) is 5.91 Å². The molecule has 2 N–H and O–H groups in total. The summed E-state index contributed by atoms with van der Waals surface area (Å²) in [7, 11) is 0. The minimum atomic E-state index is -0.953. The number of aryl methyl sites for hydroxylation is 1. The van der Waals surface area contributed by atoms with Crippen LogP contribution in [0.1, 0.15) is 59.7 Å². The highest BCUT2D eigenvalue weighted by atomic mass is 32.1. The first-order valence-electron chi connectivity index (χ1n) is 8.17. The van der Waals surface area contributed by atoms with Crippen molar-refractivity contribution in [1.82, 2.24) is 10.3 Å². The third kappa shape index (κ3) is 4.45. The quantitative estimate of drug-likeness (QED) is 0.846. The van der Waals surface area contributed by atoms with Crippen molar-refractivity contribution in [2.75, 3.05) is 0 Å². The maximum atomic E-state index is 12.8. The molecule has 0 saturated carbocycles. The van der Waals surface area contributed by atoms with Crippen LogP contribution in [0.3, 0.4) is 0 Å². The van der Waals surface area contributed by atoms with Gasteiger partial charge in [-0.15, -0.1) is 11.3 Å². The predicted molar refractivity (Wildman–Crippen MR) is 99.0 cm³/mol. The molecule has 0 aliphatic rings. The van der Waals surface area contributed by atoms with Gasteiger partial charge in [0.2, 0.25) is 0 Å². The minimum absolute atomic E-state index is 0.138. The molecule has 2 rings (SSSR count). The molecule has 25 heavy (non-hydrogen) atoms. The second-order valence-electron chi connectivity index (χ2n) is 7.17. The highest BCUT2D eigenvalue weighted by molar-refractivity contribution is 7.14. The van der Waals surface area contributed by atoms with Crippen molar-refractivity contribution >= 4 is 23.2 Å². The van der Waals surface area contributed by atoms with Gasteiger partial charge in [-0.3, -0.25) is 9.59 Å². The van der Waals surface area contributed by atoms with E-state index in [-0.39, 0.29) is 11.3 Å². The number of rotatable bonds is 5. The molecule has 1 amide bonds. The van der Waals surface area contributed by atoms with Crippen molar-refractivity contribution in [2.24, 2.45) is 5.92 Å². The first-order chi connectivity index (χ1) is 11.6. The van der Waals surface area contributed by atoms with Crippen LogP contribution in [0.4, 0.5) is 0 Å². The Morgan fingerprint density at radius 2 is 1.80 bits per heavy atom. The lowest BCUT2D eigenvalue weighted by Crippen LogP contribution is -2.35. The average Bonchev–Trinajstić information content (AvgIpc) is 2.94. The summed E-state index contributed by atoms with van der Waals surface area (Å²) < 4.78 is 0. The Balaban J connectivity index is 2.32. The van der Waals surface area contributed by atoms with Crippen LogP contribution >= 0.6 is 11.3 Å². The molecule has 134 valence electrons. The molecule has 0 aliphatic carbocycles. The zero-order valence-electron chi connectivity index (χ0n) is 15.2. The lowest BCUT2D eigenvalue weighted by Gasteiger charge is -2.22. The van der Waals surface area contributed by atoms with Crippen molar-refractivity contribution in [1.29, 1.82) is 0 Å². The summed E-state index contributed by atoms with van der Waals surface area (Å²) in [5.41, 5.74) is 1.30. The molecule has 0 aliphatic heterocycles. The van der Waals surface area contributed by atoms with Gasteiger partial charge in [0.1, 0.15) is 4.88 Å².